The summed E-state index contributed by atoms with van der Waals surface area (Å²) in [6, 6.07) is 22.8. The lowest BCUT2D eigenvalue weighted by Gasteiger charge is -2.20. The first-order valence-corrected chi connectivity index (χ1v) is 10.3. The molecule has 1 aliphatic carbocycles. The van der Waals surface area contributed by atoms with Crippen LogP contribution in [0.4, 0.5) is 10.1 Å². The molecule has 0 spiro atoms. The molecule has 1 saturated carbocycles. The number of hydrogen-bond donors (Lipinski definition) is 3. The van der Waals surface area contributed by atoms with Crippen LogP contribution in [-0.4, -0.2) is 24.4 Å². The highest BCUT2D eigenvalue weighted by molar-refractivity contribution is 5.97. The predicted octanol–water partition coefficient (Wildman–Crippen LogP) is 4.04. The second-order valence-electron chi connectivity index (χ2n) is 7.65. The highest BCUT2D eigenvalue weighted by Gasteiger charge is 2.24. The van der Waals surface area contributed by atoms with Gasteiger partial charge in [0.15, 0.2) is 0 Å². The van der Waals surface area contributed by atoms with Crippen LogP contribution in [0.5, 0.6) is 0 Å². The van der Waals surface area contributed by atoms with Gasteiger partial charge in [-0.2, -0.15) is 0 Å². The summed E-state index contributed by atoms with van der Waals surface area (Å²) >= 11 is 0. The summed E-state index contributed by atoms with van der Waals surface area (Å²) in [6.07, 6.45) is 2.04. The fourth-order valence-corrected chi connectivity index (χ4v) is 3.36. The number of amides is 2. The van der Waals surface area contributed by atoms with Crippen LogP contribution >= 0.6 is 0 Å². The van der Waals surface area contributed by atoms with Crippen LogP contribution in [-0.2, 0) is 4.79 Å². The van der Waals surface area contributed by atoms with Crippen LogP contribution in [0.15, 0.2) is 78.9 Å². The standard InChI is InChI=1S/C25H24FN3O2/c26-20-11-9-18(10-12-20)24(17-5-2-1-3-6-17)27-16-23(30)28-22-8-4-7-19(15-22)25(31)29-21-13-14-21/h1-12,15,21,24,27H,13-14,16H2,(H,28,30)(H,29,31). The molecule has 0 heterocycles. The molecule has 3 N–H and O–H groups in total. The molecule has 0 saturated heterocycles. The van der Waals surface area contributed by atoms with Gasteiger partial charge in [0.1, 0.15) is 5.82 Å². The largest absolute Gasteiger partial charge is 0.349 e. The third-order valence-corrected chi connectivity index (χ3v) is 5.12. The van der Waals surface area contributed by atoms with Gasteiger partial charge in [0.05, 0.1) is 12.6 Å². The molecule has 3 aromatic carbocycles. The lowest BCUT2D eigenvalue weighted by Crippen LogP contribution is -2.32. The monoisotopic (exact) mass is 417 g/mol. The van der Waals surface area contributed by atoms with Crippen molar-refractivity contribution < 1.29 is 14.0 Å². The van der Waals surface area contributed by atoms with Crippen LogP contribution in [0.25, 0.3) is 0 Å². The highest BCUT2D eigenvalue weighted by atomic mass is 19.1. The molecule has 2 amide bonds. The molecule has 0 radical (unpaired) electrons. The summed E-state index contributed by atoms with van der Waals surface area (Å²) in [4.78, 5) is 24.8. The van der Waals surface area contributed by atoms with Crippen molar-refractivity contribution in [2.24, 2.45) is 0 Å². The Morgan fingerprint density at radius 3 is 2.32 bits per heavy atom. The SMILES string of the molecule is O=C(CNC(c1ccccc1)c1ccc(F)cc1)Nc1cccc(C(=O)NC2CC2)c1. The number of carbonyl (C=O) groups excluding carboxylic acids is 2. The van der Waals surface area contributed by atoms with Gasteiger partial charge in [0.25, 0.3) is 5.91 Å². The minimum Gasteiger partial charge on any atom is -0.349 e. The van der Waals surface area contributed by atoms with Crippen molar-refractivity contribution in [1.29, 1.82) is 0 Å². The maximum atomic E-state index is 13.4. The molecule has 1 unspecified atom stereocenters. The zero-order chi connectivity index (χ0) is 21.6. The number of hydrogen-bond acceptors (Lipinski definition) is 3. The Morgan fingerprint density at radius 2 is 1.61 bits per heavy atom. The Bertz CT molecular complexity index is 1050. The molecule has 1 aliphatic rings. The van der Waals surface area contributed by atoms with E-state index in [-0.39, 0.29) is 36.3 Å². The van der Waals surface area contributed by atoms with Crippen LogP contribution in [0.2, 0.25) is 0 Å². The van der Waals surface area contributed by atoms with Gasteiger partial charge >= 0.3 is 0 Å². The Labute approximate surface area is 180 Å². The number of anilines is 1. The van der Waals surface area contributed by atoms with Crippen molar-refractivity contribution in [2.45, 2.75) is 24.9 Å². The summed E-state index contributed by atoms with van der Waals surface area (Å²) in [7, 11) is 0. The Morgan fingerprint density at radius 1 is 0.903 bits per heavy atom. The Kier molecular flexibility index (Phi) is 6.38. The summed E-state index contributed by atoms with van der Waals surface area (Å²) in [5, 5.41) is 9.02. The van der Waals surface area contributed by atoms with E-state index in [4.69, 9.17) is 0 Å². The molecule has 3 aromatic rings. The summed E-state index contributed by atoms with van der Waals surface area (Å²) in [6.45, 7) is 0.0510. The van der Waals surface area contributed by atoms with Crippen LogP contribution in [0.1, 0.15) is 40.4 Å². The minimum absolute atomic E-state index is 0.0510. The van der Waals surface area contributed by atoms with E-state index in [1.54, 1.807) is 36.4 Å². The van der Waals surface area contributed by atoms with Crippen molar-refractivity contribution >= 4 is 17.5 Å². The summed E-state index contributed by atoms with van der Waals surface area (Å²) < 4.78 is 13.4. The molecule has 4 rings (SSSR count). The van der Waals surface area contributed by atoms with Crippen LogP contribution in [0, 0.1) is 5.82 Å². The number of rotatable bonds is 8. The molecule has 6 heteroatoms. The van der Waals surface area contributed by atoms with E-state index in [1.807, 2.05) is 30.3 Å². The lowest BCUT2D eigenvalue weighted by molar-refractivity contribution is -0.115. The normalized spacial score (nSPS) is 14.0. The second kappa shape index (κ2) is 9.53. The molecular weight excluding hydrogens is 393 g/mol. The molecule has 158 valence electrons. The van der Waals surface area contributed by atoms with Gasteiger partial charge in [0.2, 0.25) is 5.91 Å². The van der Waals surface area contributed by atoms with Crippen LogP contribution in [0.3, 0.4) is 0 Å². The van der Waals surface area contributed by atoms with E-state index in [0.717, 1.165) is 24.0 Å². The van der Waals surface area contributed by atoms with E-state index < -0.39 is 0 Å². The Hall–Kier alpha value is -3.51. The van der Waals surface area contributed by atoms with Gasteiger partial charge in [0, 0.05) is 17.3 Å². The fourth-order valence-electron chi connectivity index (χ4n) is 3.36. The van der Waals surface area contributed by atoms with E-state index in [1.165, 1.54) is 12.1 Å². The first-order valence-electron chi connectivity index (χ1n) is 10.3. The van der Waals surface area contributed by atoms with Crippen molar-refractivity contribution in [1.82, 2.24) is 10.6 Å². The summed E-state index contributed by atoms with van der Waals surface area (Å²) in [5.41, 5.74) is 2.92. The van der Waals surface area contributed by atoms with Gasteiger partial charge in [-0.3, -0.25) is 14.9 Å². The lowest BCUT2D eigenvalue weighted by atomic mass is 9.98. The maximum absolute atomic E-state index is 13.4. The Balaban J connectivity index is 1.41. The number of nitrogens with one attached hydrogen (secondary N) is 3. The molecular formula is C25H24FN3O2. The molecule has 31 heavy (non-hydrogen) atoms. The zero-order valence-electron chi connectivity index (χ0n) is 17.0. The highest BCUT2D eigenvalue weighted by Crippen LogP contribution is 2.22. The van der Waals surface area contributed by atoms with Gasteiger partial charge < -0.3 is 10.6 Å². The van der Waals surface area contributed by atoms with Gasteiger partial charge in [-0.25, -0.2) is 4.39 Å². The van der Waals surface area contributed by atoms with Gasteiger partial charge in [-0.1, -0.05) is 48.5 Å². The smallest absolute Gasteiger partial charge is 0.251 e. The predicted molar refractivity (Wildman–Crippen MR) is 118 cm³/mol. The fraction of sp³-hybridized carbons (Fsp3) is 0.200. The third-order valence-electron chi connectivity index (χ3n) is 5.12. The quantitative estimate of drug-likeness (QED) is 0.518. The first kappa shape index (κ1) is 20.8. The molecule has 0 bridgehead atoms. The maximum Gasteiger partial charge on any atom is 0.251 e. The molecule has 5 nitrogen and oxygen atoms in total. The van der Waals surface area contributed by atoms with Crippen molar-refractivity contribution in [3.63, 3.8) is 0 Å². The number of halogens is 1. The average molecular weight is 417 g/mol. The van der Waals surface area contributed by atoms with Gasteiger partial charge in [-0.05, 0) is 54.3 Å². The van der Waals surface area contributed by atoms with Crippen molar-refractivity contribution in [3.8, 4) is 0 Å². The molecule has 0 aromatic heterocycles. The number of benzene rings is 3. The summed E-state index contributed by atoms with van der Waals surface area (Å²) in [5.74, 6) is -0.668. The van der Waals surface area contributed by atoms with Crippen molar-refractivity contribution in [2.75, 3.05) is 11.9 Å². The minimum atomic E-state index is -0.307. The second-order valence-corrected chi connectivity index (χ2v) is 7.65. The topological polar surface area (TPSA) is 70.2 Å². The molecule has 0 aliphatic heterocycles. The van der Waals surface area contributed by atoms with E-state index in [9.17, 15) is 14.0 Å². The molecule has 1 fully saturated rings. The third kappa shape index (κ3) is 5.77. The van der Waals surface area contributed by atoms with E-state index in [2.05, 4.69) is 16.0 Å². The number of carbonyl (C=O) groups is 2. The zero-order valence-corrected chi connectivity index (χ0v) is 17.0. The van der Waals surface area contributed by atoms with E-state index >= 15 is 0 Å². The van der Waals surface area contributed by atoms with Crippen LogP contribution < -0.4 is 16.0 Å². The van der Waals surface area contributed by atoms with Gasteiger partial charge in [-0.15, -0.1) is 0 Å². The average Bonchev–Trinajstić information content (AvgIpc) is 3.60. The van der Waals surface area contributed by atoms with E-state index in [0.29, 0.717) is 11.3 Å². The molecule has 1 atom stereocenters. The first-order chi connectivity index (χ1) is 15.1. The van der Waals surface area contributed by atoms with Crippen molar-refractivity contribution in [3.05, 3.63) is 101 Å².